The van der Waals surface area contributed by atoms with Gasteiger partial charge >= 0.3 is 0 Å². The summed E-state index contributed by atoms with van der Waals surface area (Å²) >= 11 is 0. The maximum Gasteiger partial charge on any atom is 0.230 e. The smallest absolute Gasteiger partial charge is 0.230 e. The number of hydrogen-bond donors (Lipinski definition) is 3. The lowest BCUT2D eigenvalue weighted by Gasteiger charge is -2.28. The first-order chi connectivity index (χ1) is 12.2. The minimum Gasteiger partial charge on any atom is -0.369 e. The Balaban J connectivity index is 1.68. The zero-order valence-corrected chi connectivity index (χ0v) is 15.1. The SMILES string of the molecule is CC(C)(C)C(=O)Nc1cc2c([nH]1)N=CN(CCc1cccc(F)c1)C2O. The molecule has 0 radical (unpaired) electrons. The Morgan fingerprint density at radius 3 is 2.85 bits per heavy atom. The van der Waals surface area contributed by atoms with Crippen LogP contribution in [0.2, 0.25) is 0 Å². The molecule has 0 aliphatic carbocycles. The summed E-state index contributed by atoms with van der Waals surface area (Å²) in [6.45, 7) is 5.97. The highest BCUT2D eigenvalue weighted by atomic mass is 19.1. The molecule has 1 aromatic carbocycles. The van der Waals surface area contributed by atoms with Crippen molar-refractivity contribution in [3.63, 3.8) is 0 Å². The maximum atomic E-state index is 13.3. The molecule has 0 saturated heterocycles. The molecule has 1 aromatic heterocycles. The average Bonchev–Trinajstić information content (AvgIpc) is 2.97. The normalized spacial score (nSPS) is 16.5. The molecule has 1 aliphatic heterocycles. The third-order valence-electron chi connectivity index (χ3n) is 4.23. The number of aromatic nitrogens is 1. The molecule has 0 saturated carbocycles. The molecule has 0 spiro atoms. The van der Waals surface area contributed by atoms with E-state index in [4.69, 9.17) is 0 Å². The first-order valence-corrected chi connectivity index (χ1v) is 8.51. The number of nitrogens with one attached hydrogen (secondary N) is 2. The highest BCUT2D eigenvalue weighted by Crippen LogP contribution is 2.33. The number of aliphatic imine (C=N–C) groups is 1. The fraction of sp³-hybridized carbons (Fsp3) is 0.368. The molecule has 2 aromatic rings. The number of nitrogens with zero attached hydrogens (tertiary/aromatic N) is 2. The van der Waals surface area contributed by atoms with Crippen molar-refractivity contribution in [1.29, 1.82) is 0 Å². The Morgan fingerprint density at radius 2 is 2.15 bits per heavy atom. The minimum atomic E-state index is -0.882. The van der Waals surface area contributed by atoms with E-state index in [0.717, 1.165) is 5.56 Å². The van der Waals surface area contributed by atoms with Gasteiger partial charge in [0.05, 0.1) is 6.34 Å². The van der Waals surface area contributed by atoms with E-state index in [1.165, 1.54) is 12.1 Å². The zero-order chi connectivity index (χ0) is 18.9. The summed E-state index contributed by atoms with van der Waals surface area (Å²) in [6, 6.07) is 8.09. The van der Waals surface area contributed by atoms with Crippen LogP contribution in [0.25, 0.3) is 0 Å². The highest BCUT2D eigenvalue weighted by Gasteiger charge is 2.27. The summed E-state index contributed by atoms with van der Waals surface area (Å²) in [6.07, 6.45) is 1.25. The van der Waals surface area contributed by atoms with E-state index in [-0.39, 0.29) is 11.7 Å². The van der Waals surface area contributed by atoms with Crippen molar-refractivity contribution in [2.45, 2.75) is 33.4 Å². The summed E-state index contributed by atoms with van der Waals surface area (Å²) in [5, 5.41) is 13.4. The third kappa shape index (κ3) is 3.94. The molecular weight excluding hydrogens is 335 g/mol. The van der Waals surface area contributed by atoms with Crippen molar-refractivity contribution in [1.82, 2.24) is 9.88 Å². The van der Waals surface area contributed by atoms with Crippen LogP contribution in [0.1, 0.15) is 38.1 Å². The zero-order valence-electron chi connectivity index (χ0n) is 15.1. The van der Waals surface area contributed by atoms with E-state index in [9.17, 15) is 14.3 Å². The molecule has 6 nitrogen and oxygen atoms in total. The molecule has 7 heteroatoms. The van der Waals surface area contributed by atoms with Crippen LogP contribution >= 0.6 is 0 Å². The third-order valence-corrected chi connectivity index (χ3v) is 4.23. The minimum absolute atomic E-state index is 0.127. The lowest BCUT2D eigenvalue weighted by atomic mass is 9.96. The number of hydrogen-bond acceptors (Lipinski definition) is 4. The van der Waals surface area contributed by atoms with Crippen LogP contribution < -0.4 is 5.32 Å². The van der Waals surface area contributed by atoms with Crippen LogP contribution in [-0.2, 0) is 11.2 Å². The monoisotopic (exact) mass is 358 g/mol. The second-order valence-electron chi connectivity index (χ2n) is 7.43. The number of aromatic amines is 1. The Labute approximate surface area is 151 Å². The van der Waals surface area contributed by atoms with Gasteiger partial charge in [-0.25, -0.2) is 9.38 Å². The Bertz CT molecular complexity index is 838. The summed E-state index contributed by atoms with van der Waals surface area (Å²) in [7, 11) is 0. The number of carbonyl (C=O) groups excluding carboxylic acids is 1. The van der Waals surface area contributed by atoms with Gasteiger partial charge in [0.1, 0.15) is 17.5 Å². The van der Waals surface area contributed by atoms with Gasteiger partial charge in [-0.05, 0) is 30.2 Å². The van der Waals surface area contributed by atoms with E-state index in [1.807, 2.05) is 26.8 Å². The molecule has 1 unspecified atom stereocenters. The average molecular weight is 358 g/mol. The van der Waals surface area contributed by atoms with Gasteiger partial charge in [0, 0.05) is 17.5 Å². The predicted molar refractivity (Wildman–Crippen MR) is 98.8 cm³/mol. The number of aliphatic hydroxyl groups is 1. The molecule has 0 fully saturated rings. The van der Waals surface area contributed by atoms with E-state index < -0.39 is 11.6 Å². The number of halogens is 1. The largest absolute Gasteiger partial charge is 0.369 e. The van der Waals surface area contributed by atoms with Crippen molar-refractivity contribution in [3.05, 3.63) is 47.3 Å². The fourth-order valence-electron chi connectivity index (χ4n) is 2.64. The van der Waals surface area contributed by atoms with Gasteiger partial charge < -0.3 is 20.3 Å². The lowest BCUT2D eigenvalue weighted by molar-refractivity contribution is -0.123. The summed E-state index contributed by atoms with van der Waals surface area (Å²) in [5.74, 6) is 0.613. The van der Waals surface area contributed by atoms with E-state index in [1.54, 1.807) is 23.4 Å². The number of fused-ring (bicyclic) bond motifs is 1. The number of anilines is 1. The van der Waals surface area contributed by atoms with E-state index in [2.05, 4.69) is 15.3 Å². The summed E-state index contributed by atoms with van der Waals surface area (Å²) < 4.78 is 13.3. The van der Waals surface area contributed by atoms with Crippen molar-refractivity contribution in [2.75, 3.05) is 11.9 Å². The Morgan fingerprint density at radius 1 is 1.38 bits per heavy atom. The van der Waals surface area contributed by atoms with Crippen LogP contribution in [0.15, 0.2) is 35.3 Å². The molecule has 1 amide bonds. The van der Waals surface area contributed by atoms with Crippen molar-refractivity contribution < 1.29 is 14.3 Å². The first-order valence-electron chi connectivity index (χ1n) is 8.51. The molecule has 3 N–H and O–H groups in total. The number of aliphatic hydroxyl groups excluding tert-OH is 1. The van der Waals surface area contributed by atoms with E-state index >= 15 is 0 Å². The maximum absolute atomic E-state index is 13.3. The second-order valence-corrected chi connectivity index (χ2v) is 7.43. The quantitative estimate of drug-likeness (QED) is 0.784. The topological polar surface area (TPSA) is 80.7 Å². The van der Waals surface area contributed by atoms with Gasteiger partial charge in [-0.3, -0.25) is 4.79 Å². The number of H-pyrrole nitrogens is 1. The Kier molecular flexibility index (Phi) is 4.82. The van der Waals surface area contributed by atoms with Crippen LogP contribution in [0, 0.1) is 11.2 Å². The number of rotatable bonds is 4. The standard InChI is InChI=1S/C19H23FN4O2/c1-19(2,3)18(26)23-15-10-14-16(22-15)21-11-24(17(14)25)8-7-12-5-4-6-13(20)9-12/h4-6,9-11,17,22,25H,7-8H2,1-3H3,(H,23,26). The molecule has 1 atom stereocenters. The molecule has 26 heavy (non-hydrogen) atoms. The lowest BCUT2D eigenvalue weighted by Crippen LogP contribution is -2.31. The molecule has 3 rings (SSSR count). The number of amides is 1. The molecule has 0 bridgehead atoms. The van der Waals surface area contributed by atoms with Crippen LogP contribution in [0.4, 0.5) is 16.0 Å². The van der Waals surface area contributed by atoms with Crippen LogP contribution in [0.5, 0.6) is 0 Å². The van der Waals surface area contributed by atoms with Crippen LogP contribution in [-0.4, -0.2) is 33.8 Å². The van der Waals surface area contributed by atoms with Gasteiger partial charge in [-0.1, -0.05) is 32.9 Å². The number of carbonyl (C=O) groups is 1. The van der Waals surface area contributed by atoms with Crippen molar-refractivity contribution in [3.8, 4) is 0 Å². The second kappa shape index (κ2) is 6.92. The number of benzene rings is 1. The van der Waals surface area contributed by atoms with Gasteiger partial charge in [0.25, 0.3) is 0 Å². The first kappa shape index (κ1) is 18.1. The Hall–Kier alpha value is -2.67. The molecule has 2 heterocycles. The van der Waals surface area contributed by atoms with Gasteiger partial charge in [0.15, 0.2) is 6.23 Å². The predicted octanol–water partition coefficient (Wildman–Crippen LogP) is 3.35. The van der Waals surface area contributed by atoms with Crippen molar-refractivity contribution in [2.24, 2.45) is 10.4 Å². The highest BCUT2D eigenvalue weighted by molar-refractivity contribution is 5.94. The summed E-state index contributed by atoms with van der Waals surface area (Å²) in [5.41, 5.74) is 0.921. The molecule has 138 valence electrons. The van der Waals surface area contributed by atoms with Gasteiger partial charge in [0.2, 0.25) is 5.91 Å². The molecular formula is C19H23FN4O2. The summed E-state index contributed by atoms with van der Waals surface area (Å²) in [4.78, 5) is 21.1. The van der Waals surface area contributed by atoms with Gasteiger partial charge in [-0.2, -0.15) is 0 Å². The van der Waals surface area contributed by atoms with Crippen molar-refractivity contribution >= 4 is 23.9 Å². The van der Waals surface area contributed by atoms with Gasteiger partial charge in [-0.15, -0.1) is 0 Å². The molecule has 1 aliphatic rings. The van der Waals surface area contributed by atoms with Crippen LogP contribution in [0.3, 0.4) is 0 Å². The fourth-order valence-corrected chi connectivity index (χ4v) is 2.64. The van der Waals surface area contributed by atoms with E-state index in [0.29, 0.717) is 30.2 Å².